The zero-order chi connectivity index (χ0) is 10.6. The van der Waals surface area contributed by atoms with Crippen molar-refractivity contribution in [3.05, 3.63) is 35.4 Å². The minimum absolute atomic E-state index is 0.261. The van der Waals surface area contributed by atoms with E-state index in [1.54, 1.807) is 0 Å². The highest BCUT2D eigenvalue weighted by atomic mass is 32.1. The van der Waals surface area contributed by atoms with Gasteiger partial charge >= 0.3 is 0 Å². The average molecular weight is 212 g/mol. The van der Waals surface area contributed by atoms with Crippen LogP contribution in [0.2, 0.25) is 0 Å². The van der Waals surface area contributed by atoms with Gasteiger partial charge in [-0.3, -0.25) is 0 Å². The molecule has 0 aromatic heterocycles. The molecule has 1 aromatic carbocycles. The van der Waals surface area contributed by atoms with Crippen LogP contribution in [0.3, 0.4) is 0 Å². The van der Waals surface area contributed by atoms with E-state index in [1.807, 2.05) is 24.3 Å². The fraction of sp³-hybridized carbons (Fsp3) is 0.455. The third kappa shape index (κ3) is 2.74. The molecule has 0 aliphatic rings. The second-order valence-corrected chi connectivity index (χ2v) is 3.66. The molecule has 2 atom stereocenters. The Balaban J connectivity index is 2.75. The average Bonchev–Trinajstić information content (AvgIpc) is 2.27. The van der Waals surface area contributed by atoms with E-state index in [1.165, 1.54) is 5.56 Å². The van der Waals surface area contributed by atoms with Crippen molar-refractivity contribution in [2.45, 2.75) is 25.6 Å². The number of thiol groups is 1. The van der Waals surface area contributed by atoms with Gasteiger partial charge in [0.05, 0.1) is 6.10 Å². The van der Waals surface area contributed by atoms with E-state index in [2.05, 4.69) is 19.6 Å². The summed E-state index contributed by atoms with van der Waals surface area (Å²) >= 11 is 3.93. The third-order valence-corrected chi connectivity index (χ3v) is 2.66. The largest absolute Gasteiger partial charge is 0.389 e. The lowest BCUT2D eigenvalue weighted by atomic mass is 10.0. The van der Waals surface area contributed by atoms with Gasteiger partial charge in [0.1, 0.15) is 6.10 Å². The predicted octanol–water partition coefficient (Wildman–Crippen LogP) is 1.57. The van der Waals surface area contributed by atoms with E-state index in [0.29, 0.717) is 0 Å². The van der Waals surface area contributed by atoms with E-state index in [4.69, 9.17) is 0 Å². The SMILES string of the molecule is CCc1ccc(C(O)C(O)CS)cc1. The highest BCUT2D eigenvalue weighted by Gasteiger charge is 2.16. The second-order valence-electron chi connectivity index (χ2n) is 3.29. The van der Waals surface area contributed by atoms with Gasteiger partial charge in [0, 0.05) is 5.75 Å². The van der Waals surface area contributed by atoms with Gasteiger partial charge in [-0.2, -0.15) is 12.6 Å². The first-order valence-corrected chi connectivity index (χ1v) is 5.38. The molecule has 0 spiro atoms. The second kappa shape index (κ2) is 5.39. The van der Waals surface area contributed by atoms with Gasteiger partial charge in [-0.25, -0.2) is 0 Å². The van der Waals surface area contributed by atoms with E-state index in [0.717, 1.165) is 12.0 Å². The van der Waals surface area contributed by atoms with E-state index in [-0.39, 0.29) is 5.75 Å². The summed E-state index contributed by atoms with van der Waals surface area (Å²) in [5, 5.41) is 19.0. The monoisotopic (exact) mass is 212 g/mol. The Morgan fingerprint density at radius 2 is 1.79 bits per heavy atom. The molecule has 0 fully saturated rings. The Bertz CT molecular complexity index is 271. The first-order valence-electron chi connectivity index (χ1n) is 4.74. The van der Waals surface area contributed by atoms with Crippen molar-refractivity contribution in [3.8, 4) is 0 Å². The molecule has 3 heteroatoms. The molecule has 0 radical (unpaired) electrons. The Morgan fingerprint density at radius 3 is 2.21 bits per heavy atom. The fourth-order valence-electron chi connectivity index (χ4n) is 1.27. The summed E-state index contributed by atoms with van der Waals surface area (Å²) in [5.74, 6) is 0.261. The molecule has 2 N–H and O–H groups in total. The fourth-order valence-corrected chi connectivity index (χ4v) is 1.47. The number of benzene rings is 1. The summed E-state index contributed by atoms with van der Waals surface area (Å²) in [6.07, 6.45) is -0.657. The van der Waals surface area contributed by atoms with Crippen LogP contribution in [0, 0.1) is 0 Å². The molecule has 0 amide bonds. The van der Waals surface area contributed by atoms with Gasteiger partial charge in [-0.05, 0) is 17.5 Å². The van der Waals surface area contributed by atoms with E-state index >= 15 is 0 Å². The van der Waals surface area contributed by atoms with E-state index in [9.17, 15) is 10.2 Å². The molecule has 0 saturated heterocycles. The molecular formula is C11H16O2S. The molecule has 78 valence electrons. The molecule has 2 unspecified atom stereocenters. The van der Waals surface area contributed by atoms with Crippen molar-refractivity contribution in [1.29, 1.82) is 0 Å². The summed E-state index contributed by atoms with van der Waals surface area (Å²) in [5.41, 5.74) is 1.96. The van der Waals surface area contributed by atoms with Crippen molar-refractivity contribution < 1.29 is 10.2 Å². The Morgan fingerprint density at radius 1 is 1.21 bits per heavy atom. The standard InChI is InChI=1S/C11H16O2S/c1-2-8-3-5-9(6-4-8)11(13)10(12)7-14/h3-6,10-14H,2,7H2,1H3. The maximum absolute atomic E-state index is 9.65. The third-order valence-electron chi connectivity index (χ3n) is 2.28. The minimum Gasteiger partial charge on any atom is -0.389 e. The van der Waals surface area contributed by atoms with Crippen molar-refractivity contribution in [2.75, 3.05) is 5.75 Å². The topological polar surface area (TPSA) is 40.5 Å². The summed E-state index contributed by atoms with van der Waals surface area (Å²) in [7, 11) is 0. The number of aliphatic hydroxyl groups excluding tert-OH is 2. The van der Waals surface area contributed by atoms with Gasteiger partial charge in [0.25, 0.3) is 0 Å². The van der Waals surface area contributed by atoms with Crippen molar-refractivity contribution in [2.24, 2.45) is 0 Å². The van der Waals surface area contributed by atoms with Crippen LogP contribution in [0.15, 0.2) is 24.3 Å². The molecule has 0 heterocycles. The highest BCUT2D eigenvalue weighted by molar-refractivity contribution is 7.80. The number of hydrogen-bond acceptors (Lipinski definition) is 3. The van der Waals surface area contributed by atoms with Gasteiger partial charge < -0.3 is 10.2 Å². The molecule has 0 aliphatic heterocycles. The summed E-state index contributed by atoms with van der Waals surface area (Å²) < 4.78 is 0. The lowest BCUT2D eigenvalue weighted by Gasteiger charge is -2.16. The number of rotatable bonds is 4. The minimum atomic E-state index is -0.835. The van der Waals surface area contributed by atoms with Gasteiger partial charge in [-0.1, -0.05) is 31.2 Å². The summed E-state index contributed by atoms with van der Waals surface area (Å²) in [6, 6.07) is 7.61. The van der Waals surface area contributed by atoms with Gasteiger partial charge in [-0.15, -0.1) is 0 Å². The van der Waals surface area contributed by atoms with Gasteiger partial charge in [0.2, 0.25) is 0 Å². The molecule has 14 heavy (non-hydrogen) atoms. The molecule has 2 nitrogen and oxygen atoms in total. The van der Waals surface area contributed by atoms with Crippen LogP contribution >= 0.6 is 12.6 Å². The smallest absolute Gasteiger partial charge is 0.106 e. The van der Waals surface area contributed by atoms with Crippen LogP contribution in [-0.4, -0.2) is 22.1 Å². The first kappa shape index (κ1) is 11.6. The maximum Gasteiger partial charge on any atom is 0.106 e. The molecule has 0 aliphatic carbocycles. The molecule has 1 aromatic rings. The maximum atomic E-state index is 9.65. The van der Waals surface area contributed by atoms with Crippen LogP contribution < -0.4 is 0 Å². The van der Waals surface area contributed by atoms with Crippen LogP contribution in [0.25, 0.3) is 0 Å². The lowest BCUT2D eigenvalue weighted by Crippen LogP contribution is -2.19. The molecule has 0 bridgehead atoms. The van der Waals surface area contributed by atoms with Crippen LogP contribution in [0.4, 0.5) is 0 Å². The number of aliphatic hydroxyl groups is 2. The normalized spacial score (nSPS) is 15.1. The molecule has 1 rings (SSSR count). The lowest BCUT2D eigenvalue weighted by molar-refractivity contribution is 0.0337. The van der Waals surface area contributed by atoms with Crippen molar-refractivity contribution in [1.82, 2.24) is 0 Å². The number of hydrogen-bond donors (Lipinski definition) is 3. The zero-order valence-electron chi connectivity index (χ0n) is 8.22. The van der Waals surface area contributed by atoms with Crippen molar-refractivity contribution >= 4 is 12.6 Å². The quantitative estimate of drug-likeness (QED) is 0.663. The first-order chi connectivity index (χ1) is 6.69. The summed E-state index contributed by atoms with van der Waals surface area (Å²) in [4.78, 5) is 0. The van der Waals surface area contributed by atoms with E-state index < -0.39 is 12.2 Å². The van der Waals surface area contributed by atoms with Crippen LogP contribution in [0.1, 0.15) is 24.2 Å². The van der Waals surface area contributed by atoms with Crippen LogP contribution in [-0.2, 0) is 6.42 Å². The van der Waals surface area contributed by atoms with Crippen molar-refractivity contribution in [3.63, 3.8) is 0 Å². The summed E-state index contributed by atoms with van der Waals surface area (Å²) in [6.45, 7) is 2.08. The Hall–Kier alpha value is -0.510. The highest BCUT2D eigenvalue weighted by Crippen LogP contribution is 2.18. The predicted molar refractivity (Wildman–Crippen MR) is 60.6 cm³/mol. The zero-order valence-corrected chi connectivity index (χ0v) is 9.11. The van der Waals surface area contributed by atoms with Crippen LogP contribution in [0.5, 0.6) is 0 Å². The molecular weight excluding hydrogens is 196 g/mol. The van der Waals surface area contributed by atoms with Gasteiger partial charge in [0.15, 0.2) is 0 Å². The molecule has 0 saturated carbocycles. The number of aryl methyl sites for hydroxylation is 1. The Labute approximate surface area is 90.0 Å². The Kier molecular flexibility index (Phi) is 4.45.